The molecule has 1 unspecified atom stereocenters. The summed E-state index contributed by atoms with van der Waals surface area (Å²) in [7, 11) is 1.20. The van der Waals surface area contributed by atoms with Gasteiger partial charge in [-0.1, -0.05) is 6.07 Å². The summed E-state index contributed by atoms with van der Waals surface area (Å²) in [6.45, 7) is 0. The van der Waals surface area contributed by atoms with Crippen molar-refractivity contribution in [2.75, 3.05) is 7.11 Å². The van der Waals surface area contributed by atoms with E-state index in [9.17, 15) is 23.5 Å². The third-order valence-electron chi connectivity index (χ3n) is 9.88. The van der Waals surface area contributed by atoms with Crippen molar-refractivity contribution in [1.29, 1.82) is 0 Å². The number of rotatable bonds is 5. The van der Waals surface area contributed by atoms with Gasteiger partial charge in [0.1, 0.15) is 6.04 Å². The number of thiazole rings is 1. The molecule has 11 heteroatoms. The summed E-state index contributed by atoms with van der Waals surface area (Å²) in [5, 5.41) is 15.4. The second kappa shape index (κ2) is 5.77. The van der Waals surface area contributed by atoms with Crippen LogP contribution >= 0.6 is 11.3 Å². The van der Waals surface area contributed by atoms with Crippen molar-refractivity contribution in [3.63, 3.8) is 0 Å². The Balaban J connectivity index is 1.31. The van der Waals surface area contributed by atoms with Gasteiger partial charge in [-0.15, -0.1) is 11.3 Å². The molecule has 2 heterocycles. The molecule has 1 aromatic carbocycles. The first-order valence-corrected chi connectivity index (χ1v) is 12.1. The minimum absolute atomic E-state index is 0.0535. The lowest BCUT2D eigenvalue weighted by molar-refractivity contribution is -0.633. The fourth-order valence-corrected chi connectivity index (χ4v) is 9.68. The number of esters is 1. The number of carbonyl (C=O) groups is 2. The van der Waals surface area contributed by atoms with Gasteiger partial charge in [0, 0.05) is 28.3 Å². The molecule has 0 spiro atoms. The number of aliphatic carboxylic acids is 1. The number of amidine groups is 1. The molecule has 9 rings (SSSR count). The van der Waals surface area contributed by atoms with Gasteiger partial charge in [0.25, 0.3) is 0 Å². The number of carboxylic acids is 1. The zero-order chi connectivity index (χ0) is 24.2. The van der Waals surface area contributed by atoms with Gasteiger partial charge in [-0.3, -0.25) is 9.79 Å². The topological polar surface area (TPSA) is 101 Å². The summed E-state index contributed by atoms with van der Waals surface area (Å²) < 4.78 is 48.0. The SMILES string of the molecule is COC(=O)C1=C(C23C4C5C2C2C3C4C52C(=O)O)NC(c2nccs2)=NC1c1ccc(F)c(F)c1F. The number of methoxy groups -OCH3 is 1. The van der Waals surface area contributed by atoms with Crippen molar-refractivity contribution < 1.29 is 32.6 Å². The Bertz CT molecular complexity index is 1410. The maximum absolute atomic E-state index is 15.0. The fraction of sp³-hybridized carbons (Fsp3) is 0.417. The number of benzene rings is 1. The van der Waals surface area contributed by atoms with Gasteiger partial charge in [-0.05, 0) is 41.6 Å². The quantitative estimate of drug-likeness (QED) is 0.485. The number of nitrogens with zero attached hydrogens (tertiary/aromatic N) is 2. The summed E-state index contributed by atoms with van der Waals surface area (Å²) in [6.07, 6.45) is 1.58. The zero-order valence-electron chi connectivity index (χ0n) is 18.0. The lowest BCUT2D eigenvalue weighted by Crippen LogP contribution is -3.11. The number of carbonyl (C=O) groups excluding carboxylic acids is 1. The Morgan fingerprint density at radius 2 is 1.77 bits per heavy atom. The predicted octanol–water partition coefficient (Wildman–Crippen LogP) is 2.90. The Labute approximate surface area is 199 Å². The third kappa shape index (κ3) is 1.69. The van der Waals surface area contributed by atoms with Gasteiger partial charge in [0.2, 0.25) is 0 Å². The first kappa shape index (κ1) is 20.0. The van der Waals surface area contributed by atoms with E-state index < -0.39 is 46.3 Å². The molecule has 178 valence electrons. The van der Waals surface area contributed by atoms with E-state index in [4.69, 9.17) is 4.74 Å². The van der Waals surface area contributed by atoms with Crippen LogP contribution in [0.2, 0.25) is 0 Å². The van der Waals surface area contributed by atoms with Crippen molar-refractivity contribution >= 4 is 29.1 Å². The Morgan fingerprint density at radius 3 is 2.34 bits per heavy atom. The molecule has 1 atom stereocenters. The lowest BCUT2D eigenvalue weighted by Gasteiger charge is -3.10. The summed E-state index contributed by atoms with van der Waals surface area (Å²) in [5.74, 6) is -4.99. The highest BCUT2D eigenvalue weighted by atomic mass is 32.1. The first-order valence-electron chi connectivity index (χ1n) is 11.3. The van der Waals surface area contributed by atoms with E-state index in [1.807, 2.05) is 0 Å². The average molecular weight is 499 g/mol. The van der Waals surface area contributed by atoms with Crippen LogP contribution in [0.1, 0.15) is 16.6 Å². The number of aliphatic imine (C=N–C) groups is 1. The number of aromatic nitrogens is 1. The second-order valence-electron chi connectivity index (χ2n) is 10.2. The molecule has 0 amide bonds. The molecule has 7 aliphatic rings. The zero-order valence-corrected chi connectivity index (χ0v) is 18.8. The molecule has 0 saturated heterocycles. The van der Waals surface area contributed by atoms with E-state index >= 15 is 4.39 Å². The van der Waals surface area contributed by atoms with E-state index in [1.165, 1.54) is 18.4 Å². The number of allylic oxidation sites excluding steroid dienone is 1. The minimum atomic E-state index is -1.64. The van der Waals surface area contributed by atoms with Crippen LogP contribution in [0.5, 0.6) is 0 Å². The van der Waals surface area contributed by atoms with E-state index in [2.05, 4.69) is 15.3 Å². The fourth-order valence-electron chi connectivity index (χ4n) is 9.10. The van der Waals surface area contributed by atoms with Gasteiger partial charge >= 0.3 is 11.9 Å². The summed E-state index contributed by atoms with van der Waals surface area (Å²) in [5.41, 5.74) is -0.720. The van der Waals surface area contributed by atoms with E-state index in [0.717, 1.165) is 12.1 Å². The molecule has 0 bridgehead atoms. The van der Waals surface area contributed by atoms with Crippen molar-refractivity contribution in [3.8, 4) is 0 Å². The second-order valence-corrected chi connectivity index (χ2v) is 11.1. The van der Waals surface area contributed by atoms with Gasteiger partial charge in [-0.25, -0.2) is 22.9 Å². The number of ether oxygens (including phenoxy) is 1. The van der Waals surface area contributed by atoms with E-state index in [-0.39, 0.29) is 46.6 Å². The van der Waals surface area contributed by atoms with Crippen LogP contribution in [-0.2, 0) is 14.3 Å². The Hall–Kier alpha value is -3.21. The standard InChI is InChI=1S/C24H16F3N3O4S/c1-34-21(31)8-17(6-2-3-7(25)16(27)15(6)26)29-19(20-28-4-5-35-20)30-18(8)23-9-12-10(23)14-11(23)13(9)24(12,14)22(32)33/h2-5,9-14,17H,1H3,(H,29,30)(H,32,33). The van der Waals surface area contributed by atoms with Crippen molar-refractivity contribution in [1.82, 2.24) is 10.3 Å². The van der Waals surface area contributed by atoms with Gasteiger partial charge in [0.15, 0.2) is 28.3 Å². The van der Waals surface area contributed by atoms with Crippen molar-refractivity contribution in [2.45, 2.75) is 6.04 Å². The van der Waals surface area contributed by atoms with E-state index in [0.29, 0.717) is 16.5 Å². The van der Waals surface area contributed by atoms with E-state index in [1.54, 1.807) is 11.6 Å². The van der Waals surface area contributed by atoms with Gasteiger partial charge < -0.3 is 15.2 Å². The predicted molar refractivity (Wildman–Crippen MR) is 113 cm³/mol. The number of nitrogens with one attached hydrogen (secondary N) is 1. The number of hydrogen-bond acceptors (Lipinski definition) is 7. The van der Waals surface area contributed by atoms with Crippen LogP contribution in [0.25, 0.3) is 0 Å². The highest BCUT2D eigenvalue weighted by molar-refractivity contribution is 7.11. The molecule has 6 fully saturated rings. The molecular formula is C24H16F3N3O4S. The molecule has 6 saturated carbocycles. The Kier molecular flexibility index (Phi) is 3.30. The maximum atomic E-state index is 15.0. The molecule has 2 aromatic rings. The van der Waals surface area contributed by atoms with Crippen LogP contribution in [0.4, 0.5) is 13.2 Å². The van der Waals surface area contributed by atoms with Crippen LogP contribution in [0.15, 0.2) is 40.0 Å². The molecule has 2 N–H and O–H groups in total. The van der Waals surface area contributed by atoms with Crippen molar-refractivity contribution in [3.05, 3.63) is 63.0 Å². The lowest BCUT2D eigenvalue weighted by atomic mass is 8.92. The number of carboxylic acid groups (broad SMARTS) is 1. The number of halogens is 3. The maximum Gasteiger partial charge on any atom is 0.338 e. The molecule has 7 nitrogen and oxygen atoms in total. The molecule has 6 aliphatic carbocycles. The van der Waals surface area contributed by atoms with Gasteiger partial charge in [0.05, 0.1) is 18.1 Å². The van der Waals surface area contributed by atoms with Crippen LogP contribution in [0, 0.1) is 63.8 Å². The summed E-state index contributed by atoms with van der Waals surface area (Å²) >= 11 is 1.29. The third-order valence-corrected chi connectivity index (χ3v) is 10.7. The highest BCUT2D eigenvalue weighted by Crippen LogP contribution is 3.11. The number of hydrogen-bond donors (Lipinski definition) is 2. The summed E-state index contributed by atoms with van der Waals surface area (Å²) in [6, 6.07) is 0.623. The molecule has 1 aliphatic heterocycles. The van der Waals surface area contributed by atoms with Crippen LogP contribution < -0.4 is 5.32 Å². The minimum Gasteiger partial charge on any atom is -0.481 e. The van der Waals surface area contributed by atoms with Crippen molar-refractivity contribution in [2.24, 2.45) is 51.3 Å². The smallest absolute Gasteiger partial charge is 0.338 e. The molecule has 35 heavy (non-hydrogen) atoms. The highest BCUT2D eigenvalue weighted by Gasteiger charge is 3.12. The Morgan fingerprint density at radius 1 is 1.09 bits per heavy atom. The largest absolute Gasteiger partial charge is 0.481 e. The molecule has 0 radical (unpaired) electrons. The summed E-state index contributed by atoms with van der Waals surface area (Å²) in [4.78, 5) is 33.9. The van der Waals surface area contributed by atoms with Crippen LogP contribution in [-0.4, -0.2) is 35.0 Å². The van der Waals surface area contributed by atoms with Crippen LogP contribution in [0.3, 0.4) is 0 Å². The van der Waals surface area contributed by atoms with Gasteiger partial charge in [-0.2, -0.15) is 0 Å². The average Bonchev–Trinajstić information content (AvgIpc) is 3.41. The molecule has 1 aromatic heterocycles. The molecular weight excluding hydrogens is 483 g/mol. The first-order chi connectivity index (χ1) is 16.8. The monoisotopic (exact) mass is 499 g/mol. The normalized spacial score (nSPS) is 42.3.